The molecule has 1 heterocycles. The molecule has 2 amide bonds. The van der Waals surface area contributed by atoms with Crippen LogP contribution in [0.5, 0.6) is 0 Å². The lowest BCUT2D eigenvalue weighted by molar-refractivity contribution is -0.127. The van der Waals surface area contributed by atoms with Crippen molar-refractivity contribution in [2.45, 2.75) is 36.3 Å². The molecule has 2 aromatic rings. The largest absolute Gasteiger partial charge is 0.278 e. The Bertz CT molecular complexity index is 776. The van der Waals surface area contributed by atoms with Gasteiger partial charge < -0.3 is 0 Å². The third-order valence-electron chi connectivity index (χ3n) is 4.24. The molecule has 1 aliphatic rings. The number of nitrogens with zero attached hydrogens (tertiary/aromatic N) is 1. The second-order valence-electron chi connectivity index (χ2n) is 6.22. The number of amides is 2. The highest BCUT2D eigenvalue weighted by molar-refractivity contribution is 8.00. The van der Waals surface area contributed by atoms with Crippen LogP contribution in [0, 0.1) is 12.7 Å². The van der Waals surface area contributed by atoms with E-state index in [9.17, 15) is 14.0 Å². The molecule has 0 spiro atoms. The van der Waals surface area contributed by atoms with E-state index in [2.05, 4.69) is 6.07 Å². The van der Waals surface area contributed by atoms with Gasteiger partial charge >= 0.3 is 0 Å². The van der Waals surface area contributed by atoms with Crippen LogP contribution in [0.1, 0.15) is 35.2 Å². The summed E-state index contributed by atoms with van der Waals surface area (Å²) in [5, 5.41) is -0.270. The maximum Gasteiger partial charge on any atom is 0.260 e. The number of imide groups is 1. The molecule has 0 radical (unpaired) electrons. The van der Waals surface area contributed by atoms with E-state index in [1.165, 1.54) is 40.9 Å². The van der Waals surface area contributed by atoms with Crippen molar-refractivity contribution in [3.8, 4) is 0 Å². The summed E-state index contributed by atoms with van der Waals surface area (Å²) in [6.45, 7) is 2.43. The topological polar surface area (TPSA) is 37.4 Å². The fourth-order valence-electron chi connectivity index (χ4n) is 2.92. The van der Waals surface area contributed by atoms with E-state index >= 15 is 0 Å². The van der Waals surface area contributed by atoms with Gasteiger partial charge in [0.15, 0.2) is 0 Å². The fraction of sp³-hybridized carbons (Fsp3) is 0.300. The molecule has 0 saturated carbocycles. The van der Waals surface area contributed by atoms with E-state index in [-0.39, 0.29) is 17.1 Å². The molecule has 25 heavy (non-hydrogen) atoms. The lowest BCUT2D eigenvalue weighted by atomic mass is 10.2. The van der Waals surface area contributed by atoms with Gasteiger partial charge in [0.25, 0.3) is 5.91 Å². The number of aryl methyl sites for hydroxylation is 1. The number of hydrogen-bond donors (Lipinski definition) is 0. The molecule has 0 N–H and O–H groups in total. The van der Waals surface area contributed by atoms with Gasteiger partial charge in [-0.3, -0.25) is 14.5 Å². The van der Waals surface area contributed by atoms with Crippen LogP contribution >= 0.6 is 11.8 Å². The monoisotopic (exact) mass is 357 g/mol. The summed E-state index contributed by atoms with van der Waals surface area (Å²) in [4.78, 5) is 28.0. The minimum Gasteiger partial charge on any atom is -0.278 e. The molecule has 0 unspecified atom stereocenters. The lowest BCUT2D eigenvalue weighted by Gasteiger charge is -2.22. The number of carbonyl (C=O) groups excluding carboxylic acids is 2. The zero-order valence-corrected chi connectivity index (χ0v) is 14.9. The van der Waals surface area contributed by atoms with Crippen LogP contribution in [-0.2, 0) is 4.79 Å². The van der Waals surface area contributed by atoms with Gasteiger partial charge in [-0.2, -0.15) is 0 Å². The molecule has 0 aliphatic carbocycles. The number of halogens is 1. The van der Waals surface area contributed by atoms with Crippen molar-refractivity contribution in [2.24, 2.45) is 0 Å². The smallest absolute Gasteiger partial charge is 0.260 e. The summed E-state index contributed by atoms with van der Waals surface area (Å²) in [5.74, 6) is -0.897. The molecule has 1 saturated heterocycles. The zero-order chi connectivity index (χ0) is 17.8. The van der Waals surface area contributed by atoms with Gasteiger partial charge in [-0.1, -0.05) is 24.1 Å². The summed E-state index contributed by atoms with van der Waals surface area (Å²) >= 11 is 1.52. The molecule has 2 aromatic carbocycles. The fourth-order valence-corrected chi connectivity index (χ4v) is 4.17. The lowest BCUT2D eigenvalue weighted by Crippen LogP contribution is -2.41. The highest BCUT2D eigenvalue weighted by atomic mass is 32.2. The molecule has 3 rings (SSSR count). The molecule has 130 valence electrons. The van der Waals surface area contributed by atoms with E-state index in [0.29, 0.717) is 12.1 Å². The van der Waals surface area contributed by atoms with Gasteiger partial charge in [0.2, 0.25) is 5.91 Å². The molecule has 5 heteroatoms. The Hall–Kier alpha value is -2.14. The Morgan fingerprint density at radius 1 is 1.16 bits per heavy atom. The van der Waals surface area contributed by atoms with Crippen LogP contribution in [-0.4, -0.2) is 28.5 Å². The summed E-state index contributed by atoms with van der Waals surface area (Å²) in [6, 6.07) is 13.4. The van der Waals surface area contributed by atoms with E-state index in [1.807, 2.05) is 25.1 Å². The zero-order valence-electron chi connectivity index (χ0n) is 14.1. The number of likely N-dealkylation sites (tertiary alicyclic amines) is 1. The quantitative estimate of drug-likeness (QED) is 0.762. The van der Waals surface area contributed by atoms with Crippen LogP contribution in [0.25, 0.3) is 0 Å². The number of benzene rings is 2. The third kappa shape index (κ3) is 4.28. The molecule has 1 aliphatic heterocycles. The average molecular weight is 357 g/mol. The van der Waals surface area contributed by atoms with Crippen LogP contribution in [0.15, 0.2) is 53.4 Å². The van der Waals surface area contributed by atoms with Crippen LogP contribution in [0.4, 0.5) is 4.39 Å². The number of hydrogen-bond acceptors (Lipinski definition) is 3. The van der Waals surface area contributed by atoms with Crippen molar-refractivity contribution in [3.05, 3.63) is 65.5 Å². The van der Waals surface area contributed by atoms with Gasteiger partial charge in [-0.05, 0) is 56.2 Å². The van der Waals surface area contributed by atoms with Crippen molar-refractivity contribution in [2.75, 3.05) is 6.54 Å². The average Bonchev–Trinajstić information content (AvgIpc) is 2.77. The van der Waals surface area contributed by atoms with Crippen molar-refractivity contribution >= 4 is 23.6 Å². The normalized spacial score (nSPS) is 18.1. The first kappa shape index (κ1) is 17.7. The van der Waals surface area contributed by atoms with Gasteiger partial charge in [0.1, 0.15) is 5.82 Å². The Balaban J connectivity index is 1.79. The molecule has 0 aromatic heterocycles. The summed E-state index contributed by atoms with van der Waals surface area (Å²) < 4.78 is 13.1. The van der Waals surface area contributed by atoms with E-state index in [4.69, 9.17) is 0 Å². The van der Waals surface area contributed by atoms with E-state index in [1.54, 1.807) is 0 Å². The predicted octanol–water partition coefficient (Wildman–Crippen LogP) is 4.45. The maximum absolute atomic E-state index is 13.1. The molecule has 0 bridgehead atoms. The highest BCUT2D eigenvalue weighted by Gasteiger charge is 2.32. The van der Waals surface area contributed by atoms with Crippen LogP contribution in [0.2, 0.25) is 0 Å². The number of thioether (sulfide) groups is 1. The first-order chi connectivity index (χ1) is 12.0. The van der Waals surface area contributed by atoms with Gasteiger partial charge in [-0.15, -0.1) is 11.8 Å². The second kappa shape index (κ2) is 7.83. The van der Waals surface area contributed by atoms with Crippen molar-refractivity contribution in [3.63, 3.8) is 0 Å². The molecule has 1 atom stereocenters. The minimum absolute atomic E-state index is 0.154. The van der Waals surface area contributed by atoms with Crippen molar-refractivity contribution in [1.82, 2.24) is 4.90 Å². The third-order valence-corrected chi connectivity index (χ3v) is 5.49. The first-order valence-electron chi connectivity index (χ1n) is 8.39. The number of rotatable bonds is 3. The summed E-state index contributed by atoms with van der Waals surface area (Å²) in [5.41, 5.74) is 1.49. The van der Waals surface area contributed by atoms with Crippen LogP contribution < -0.4 is 0 Å². The molecular weight excluding hydrogens is 337 g/mol. The van der Waals surface area contributed by atoms with Crippen LogP contribution in [0.3, 0.4) is 0 Å². The Labute approximate surface area is 151 Å². The van der Waals surface area contributed by atoms with E-state index < -0.39 is 5.82 Å². The summed E-state index contributed by atoms with van der Waals surface area (Å²) in [7, 11) is 0. The van der Waals surface area contributed by atoms with Crippen molar-refractivity contribution in [1.29, 1.82) is 0 Å². The predicted molar refractivity (Wildman–Crippen MR) is 97.1 cm³/mol. The molecular formula is C20H20FNO2S. The number of carbonyl (C=O) groups is 2. The van der Waals surface area contributed by atoms with Gasteiger partial charge in [-0.25, -0.2) is 4.39 Å². The SMILES string of the molecule is Cc1cccc(S[C@H]2CCCCN(C(=O)c3ccc(F)cc3)C2=O)c1. The van der Waals surface area contributed by atoms with E-state index in [0.717, 1.165) is 29.7 Å². The van der Waals surface area contributed by atoms with Gasteiger partial charge in [0.05, 0.1) is 5.25 Å². The Morgan fingerprint density at radius 2 is 1.92 bits per heavy atom. The Kier molecular flexibility index (Phi) is 5.53. The second-order valence-corrected chi connectivity index (χ2v) is 7.50. The standard InChI is InChI=1S/C20H20FNO2S/c1-14-5-4-6-17(13-14)25-18-7-2-3-12-22(20(18)24)19(23)15-8-10-16(21)11-9-15/h4-6,8-11,13,18H,2-3,7,12H2,1H3/t18-/m0/s1. The van der Waals surface area contributed by atoms with Gasteiger partial charge in [0, 0.05) is 17.0 Å². The minimum atomic E-state index is -0.397. The highest BCUT2D eigenvalue weighted by Crippen LogP contribution is 2.31. The molecule has 1 fully saturated rings. The maximum atomic E-state index is 13.1. The first-order valence-corrected chi connectivity index (χ1v) is 9.27. The summed E-state index contributed by atoms with van der Waals surface area (Å²) in [6.07, 6.45) is 2.45. The Morgan fingerprint density at radius 3 is 2.64 bits per heavy atom. The van der Waals surface area contributed by atoms with Crippen molar-refractivity contribution < 1.29 is 14.0 Å². The molecule has 3 nitrogen and oxygen atoms in total.